The molecular formula is C19H22N6O3S. The number of amides is 1. The first-order chi connectivity index (χ1) is 13.8. The van der Waals surface area contributed by atoms with Gasteiger partial charge in [-0.15, -0.1) is 5.10 Å². The maximum absolute atomic E-state index is 12.6. The summed E-state index contributed by atoms with van der Waals surface area (Å²) in [5, 5.41) is 12.8. The Morgan fingerprint density at radius 1 is 1.17 bits per heavy atom. The van der Waals surface area contributed by atoms with Gasteiger partial charge in [0.25, 0.3) is 0 Å². The van der Waals surface area contributed by atoms with E-state index in [1.807, 2.05) is 37.5 Å². The van der Waals surface area contributed by atoms with Crippen LogP contribution >= 0.6 is 0 Å². The van der Waals surface area contributed by atoms with Crippen LogP contribution in [0.25, 0.3) is 22.0 Å². The third-order valence-electron chi connectivity index (χ3n) is 5.17. The van der Waals surface area contributed by atoms with Crippen LogP contribution < -0.4 is 5.32 Å². The van der Waals surface area contributed by atoms with Gasteiger partial charge in [-0.3, -0.25) is 9.48 Å². The zero-order chi connectivity index (χ0) is 20.6. The van der Waals surface area contributed by atoms with Gasteiger partial charge in [0.1, 0.15) is 11.5 Å². The molecule has 1 N–H and O–H groups in total. The Balaban J connectivity index is 1.48. The molecule has 4 rings (SSSR count). The lowest BCUT2D eigenvalue weighted by molar-refractivity contribution is -0.120. The van der Waals surface area contributed by atoms with Gasteiger partial charge < -0.3 is 5.32 Å². The number of aromatic nitrogens is 4. The number of benzene rings is 1. The summed E-state index contributed by atoms with van der Waals surface area (Å²) in [6, 6.07) is 7.74. The lowest BCUT2D eigenvalue weighted by Crippen LogP contribution is -2.40. The van der Waals surface area contributed by atoms with Crippen molar-refractivity contribution in [2.75, 3.05) is 24.7 Å². The van der Waals surface area contributed by atoms with Gasteiger partial charge >= 0.3 is 0 Å². The second-order valence-electron chi connectivity index (χ2n) is 7.33. The quantitative estimate of drug-likeness (QED) is 0.695. The predicted octanol–water partition coefficient (Wildman–Crippen LogP) is 1.64. The first-order valence-corrected chi connectivity index (χ1v) is 11.2. The van der Waals surface area contributed by atoms with Crippen molar-refractivity contribution in [3.63, 3.8) is 0 Å². The average molecular weight is 414 g/mol. The van der Waals surface area contributed by atoms with Crippen LogP contribution in [-0.2, 0) is 21.9 Å². The summed E-state index contributed by atoms with van der Waals surface area (Å²) in [4.78, 5) is 16.9. The monoisotopic (exact) mass is 414 g/mol. The summed E-state index contributed by atoms with van der Waals surface area (Å²) in [5.74, 6) is 0.121. The zero-order valence-corrected chi connectivity index (χ0v) is 17.1. The molecule has 1 aliphatic heterocycles. The topological polar surface area (TPSA) is 110 Å². The van der Waals surface area contributed by atoms with E-state index in [1.54, 1.807) is 10.9 Å². The molecule has 1 aliphatic rings. The van der Waals surface area contributed by atoms with Crippen molar-refractivity contribution in [2.45, 2.75) is 12.8 Å². The van der Waals surface area contributed by atoms with E-state index in [2.05, 4.69) is 20.6 Å². The smallest absolute Gasteiger partial charge is 0.228 e. The molecule has 10 heteroatoms. The molecule has 0 spiro atoms. The summed E-state index contributed by atoms with van der Waals surface area (Å²) >= 11 is 0. The standard InChI is InChI=1S/C19H22N6O3S/c1-24-12-17(22-23-24)14-3-4-15-11-20-18(10-16(15)9-14)21-19(26)13-5-7-25(8-6-13)29(2,27)28/h3-4,9-13H,5-8H2,1-2H3,(H,20,21,26). The second-order valence-corrected chi connectivity index (χ2v) is 9.32. The lowest BCUT2D eigenvalue weighted by atomic mass is 9.97. The van der Waals surface area contributed by atoms with Gasteiger partial charge in [-0.1, -0.05) is 17.3 Å². The number of pyridine rings is 1. The van der Waals surface area contributed by atoms with Crippen molar-refractivity contribution in [3.8, 4) is 11.3 Å². The number of hydrogen-bond donors (Lipinski definition) is 1. The first kappa shape index (κ1) is 19.5. The van der Waals surface area contributed by atoms with E-state index < -0.39 is 10.0 Å². The van der Waals surface area contributed by atoms with E-state index in [0.29, 0.717) is 31.7 Å². The van der Waals surface area contributed by atoms with Gasteiger partial charge in [0.15, 0.2) is 0 Å². The Bertz CT molecular complexity index is 1170. The van der Waals surface area contributed by atoms with Gasteiger partial charge in [0.2, 0.25) is 15.9 Å². The van der Waals surface area contributed by atoms with Crippen LogP contribution in [0.3, 0.4) is 0 Å². The number of piperidine rings is 1. The first-order valence-electron chi connectivity index (χ1n) is 9.32. The summed E-state index contributed by atoms with van der Waals surface area (Å²) in [6.07, 6.45) is 5.76. The SMILES string of the molecule is Cn1cc(-c2ccc3cnc(NC(=O)C4CCN(S(C)(=O)=O)CC4)cc3c2)nn1. The van der Waals surface area contributed by atoms with E-state index in [4.69, 9.17) is 0 Å². The number of fused-ring (bicyclic) bond motifs is 1. The number of sulfonamides is 1. The molecule has 9 nitrogen and oxygen atoms in total. The number of carbonyl (C=O) groups excluding carboxylic acids is 1. The van der Waals surface area contributed by atoms with Crippen LogP contribution in [0.15, 0.2) is 36.7 Å². The van der Waals surface area contributed by atoms with E-state index in [9.17, 15) is 13.2 Å². The van der Waals surface area contributed by atoms with Gasteiger partial charge in [-0.25, -0.2) is 17.7 Å². The van der Waals surface area contributed by atoms with Crippen molar-refractivity contribution < 1.29 is 13.2 Å². The number of carbonyl (C=O) groups is 1. The van der Waals surface area contributed by atoms with Gasteiger partial charge in [0, 0.05) is 43.2 Å². The molecule has 0 atom stereocenters. The lowest BCUT2D eigenvalue weighted by Gasteiger charge is -2.29. The molecule has 2 aromatic heterocycles. The van der Waals surface area contributed by atoms with E-state index in [1.165, 1.54) is 10.6 Å². The molecule has 3 heterocycles. The van der Waals surface area contributed by atoms with Crippen LogP contribution in [0.2, 0.25) is 0 Å². The fourth-order valence-corrected chi connectivity index (χ4v) is 4.40. The fraction of sp³-hybridized carbons (Fsp3) is 0.368. The Labute approximate surface area is 168 Å². The Kier molecular flexibility index (Phi) is 5.05. The number of rotatable bonds is 4. The third kappa shape index (κ3) is 4.28. The maximum atomic E-state index is 12.6. The summed E-state index contributed by atoms with van der Waals surface area (Å²) in [5.41, 5.74) is 1.71. The van der Waals surface area contributed by atoms with Crippen molar-refractivity contribution in [1.82, 2.24) is 24.3 Å². The molecule has 1 amide bonds. The highest BCUT2D eigenvalue weighted by atomic mass is 32.2. The van der Waals surface area contributed by atoms with Crippen molar-refractivity contribution in [3.05, 3.63) is 36.7 Å². The largest absolute Gasteiger partial charge is 0.310 e. The number of hydrogen-bond acceptors (Lipinski definition) is 6. The molecule has 1 aromatic carbocycles. The highest BCUT2D eigenvalue weighted by Gasteiger charge is 2.29. The minimum Gasteiger partial charge on any atom is -0.310 e. The second kappa shape index (κ2) is 7.53. The van der Waals surface area contributed by atoms with Crippen LogP contribution in [0, 0.1) is 5.92 Å². The summed E-state index contributed by atoms with van der Waals surface area (Å²) in [6.45, 7) is 0.729. The highest BCUT2D eigenvalue weighted by Crippen LogP contribution is 2.25. The Morgan fingerprint density at radius 3 is 2.59 bits per heavy atom. The van der Waals surface area contributed by atoms with Gasteiger partial charge in [-0.2, -0.15) is 0 Å². The number of anilines is 1. The highest BCUT2D eigenvalue weighted by molar-refractivity contribution is 7.88. The molecule has 0 aliphatic carbocycles. The molecule has 152 valence electrons. The van der Waals surface area contributed by atoms with Crippen molar-refractivity contribution >= 4 is 32.5 Å². The van der Waals surface area contributed by atoms with E-state index >= 15 is 0 Å². The zero-order valence-electron chi connectivity index (χ0n) is 16.2. The van der Waals surface area contributed by atoms with E-state index in [0.717, 1.165) is 22.0 Å². The molecule has 1 fully saturated rings. The van der Waals surface area contributed by atoms with Crippen LogP contribution in [0.1, 0.15) is 12.8 Å². The van der Waals surface area contributed by atoms with Gasteiger partial charge in [-0.05, 0) is 30.4 Å². The van der Waals surface area contributed by atoms with Crippen molar-refractivity contribution in [1.29, 1.82) is 0 Å². The van der Waals surface area contributed by atoms with Crippen LogP contribution in [-0.4, -0.2) is 58.0 Å². The molecule has 0 bridgehead atoms. The Hall–Kier alpha value is -2.85. The third-order valence-corrected chi connectivity index (χ3v) is 6.47. The molecule has 3 aromatic rings. The fourth-order valence-electron chi connectivity index (χ4n) is 3.53. The molecule has 1 saturated heterocycles. The minimum atomic E-state index is -3.21. The minimum absolute atomic E-state index is 0.130. The number of nitrogens with zero attached hydrogens (tertiary/aromatic N) is 5. The number of nitrogens with one attached hydrogen (secondary N) is 1. The molecule has 0 unspecified atom stereocenters. The van der Waals surface area contributed by atoms with Crippen LogP contribution in [0.5, 0.6) is 0 Å². The number of aryl methyl sites for hydroxylation is 1. The Morgan fingerprint density at radius 2 is 1.93 bits per heavy atom. The van der Waals surface area contributed by atoms with E-state index in [-0.39, 0.29) is 11.8 Å². The normalized spacial score (nSPS) is 16.2. The molecule has 29 heavy (non-hydrogen) atoms. The maximum Gasteiger partial charge on any atom is 0.228 e. The van der Waals surface area contributed by atoms with Gasteiger partial charge in [0.05, 0.1) is 12.5 Å². The average Bonchev–Trinajstić information content (AvgIpc) is 3.13. The molecule has 0 saturated carbocycles. The van der Waals surface area contributed by atoms with Crippen LogP contribution in [0.4, 0.5) is 5.82 Å². The predicted molar refractivity (Wildman–Crippen MR) is 110 cm³/mol. The summed E-state index contributed by atoms with van der Waals surface area (Å²) in [7, 11) is -1.39. The van der Waals surface area contributed by atoms with Crippen molar-refractivity contribution in [2.24, 2.45) is 13.0 Å². The summed E-state index contributed by atoms with van der Waals surface area (Å²) < 4.78 is 26.3. The molecular weight excluding hydrogens is 392 g/mol. The molecule has 0 radical (unpaired) electrons.